The molecule has 3 heteroatoms. The first kappa shape index (κ1) is 32.9. The fraction of sp³-hybridized carbons (Fsp3) is 0.0962. The van der Waals surface area contributed by atoms with E-state index >= 15 is 0 Å². The molecule has 1 heterocycles. The molecule has 2 unspecified atom stereocenters. The van der Waals surface area contributed by atoms with Crippen molar-refractivity contribution >= 4 is 0 Å². The Bertz CT molecular complexity index is 2680. The molecule has 0 saturated heterocycles. The Morgan fingerprint density at radius 3 is 1.53 bits per heavy atom. The SMILES string of the molecule is C[C@@H]1/C=C\CC2c3ccccc3C1c1ccc(-c3ccc(-c4ccc(-c5nc(-c6ccccc6)nc(-c6ccccc6-c6ccccc6)n5)cc4)cc3)cc12. The standard InChI is InChI=1S/C52H39N3/c1-34-13-12-22-44-43-19-9-10-20-45(43)49(34)46-32-31-41(33-48(44)46)37-25-23-35(24-26-37)36-27-29-40(30-28-36)51-53-50(39-16-6-3-7-17-39)54-52(55-51)47-21-11-8-18-42(47)38-14-4-2-5-15-38/h2-21,23-34,44,49H,22H2,1H3/b13-12-/t34-,44?,49?/m1/s1. The fourth-order valence-electron chi connectivity index (χ4n) is 8.70. The van der Waals surface area contributed by atoms with Crippen LogP contribution in [0.25, 0.3) is 67.5 Å². The highest BCUT2D eigenvalue weighted by Crippen LogP contribution is 2.50. The van der Waals surface area contributed by atoms with Crippen molar-refractivity contribution in [3.05, 3.63) is 210 Å². The molecule has 2 bridgehead atoms. The van der Waals surface area contributed by atoms with Crippen LogP contribution in [0.15, 0.2) is 188 Å². The molecule has 11 rings (SSSR count). The third-order valence-electron chi connectivity index (χ3n) is 11.5. The van der Waals surface area contributed by atoms with Crippen LogP contribution in [0.3, 0.4) is 0 Å². The summed E-state index contributed by atoms with van der Waals surface area (Å²) in [6.45, 7) is 2.36. The van der Waals surface area contributed by atoms with Gasteiger partial charge >= 0.3 is 0 Å². The molecule has 1 aromatic heterocycles. The van der Waals surface area contributed by atoms with E-state index in [1.54, 1.807) is 0 Å². The van der Waals surface area contributed by atoms with Gasteiger partial charge in [-0.25, -0.2) is 15.0 Å². The molecule has 0 amide bonds. The van der Waals surface area contributed by atoms with Crippen LogP contribution in [0.2, 0.25) is 0 Å². The van der Waals surface area contributed by atoms with Crippen LogP contribution in [-0.2, 0) is 0 Å². The van der Waals surface area contributed by atoms with Gasteiger partial charge in [-0.05, 0) is 68.0 Å². The number of rotatable bonds is 6. The van der Waals surface area contributed by atoms with E-state index in [-0.39, 0.29) is 0 Å². The third kappa shape index (κ3) is 6.08. The van der Waals surface area contributed by atoms with Crippen LogP contribution < -0.4 is 0 Å². The summed E-state index contributed by atoms with van der Waals surface area (Å²) in [6, 6.07) is 62.8. The smallest absolute Gasteiger partial charge is 0.164 e. The van der Waals surface area contributed by atoms with Gasteiger partial charge in [0.25, 0.3) is 0 Å². The number of nitrogens with zero attached hydrogens (tertiary/aromatic N) is 3. The van der Waals surface area contributed by atoms with Crippen molar-refractivity contribution in [2.75, 3.05) is 0 Å². The van der Waals surface area contributed by atoms with E-state index in [4.69, 9.17) is 15.0 Å². The normalized spacial score (nSPS) is 17.4. The zero-order valence-corrected chi connectivity index (χ0v) is 30.7. The number of allylic oxidation sites excluding steroid dienone is 2. The molecule has 7 aromatic carbocycles. The highest BCUT2D eigenvalue weighted by molar-refractivity contribution is 5.82. The molecule has 3 atom stereocenters. The molecule has 55 heavy (non-hydrogen) atoms. The first-order chi connectivity index (χ1) is 27.2. The van der Waals surface area contributed by atoms with Crippen molar-refractivity contribution in [1.29, 1.82) is 0 Å². The summed E-state index contributed by atoms with van der Waals surface area (Å²) in [7, 11) is 0. The second kappa shape index (κ2) is 13.9. The highest BCUT2D eigenvalue weighted by Gasteiger charge is 2.35. The maximum atomic E-state index is 5.08. The number of hydrogen-bond acceptors (Lipinski definition) is 3. The van der Waals surface area contributed by atoms with Gasteiger partial charge in [-0.1, -0.05) is 195 Å². The van der Waals surface area contributed by atoms with Crippen LogP contribution in [0.1, 0.15) is 47.4 Å². The van der Waals surface area contributed by atoms with Crippen LogP contribution in [0.5, 0.6) is 0 Å². The van der Waals surface area contributed by atoms with E-state index in [2.05, 4.69) is 153 Å². The predicted octanol–water partition coefficient (Wildman–Crippen LogP) is 13.0. The van der Waals surface area contributed by atoms with E-state index in [9.17, 15) is 0 Å². The maximum absolute atomic E-state index is 5.08. The molecule has 0 radical (unpaired) electrons. The lowest BCUT2D eigenvalue weighted by atomic mass is 9.66. The first-order valence-corrected chi connectivity index (χ1v) is 19.2. The largest absolute Gasteiger partial charge is 0.208 e. The summed E-state index contributed by atoms with van der Waals surface area (Å²) in [5, 5.41) is 0. The minimum Gasteiger partial charge on any atom is -0.208 e. The molecule has 262 valence electrons. The Balaban J connectivity index is 0.965. The van der Waals surface area contributed by atoms with Gasteiger partial charge in [0.1, 0.15) is 0 Å². The average molecular weight is 706 g/mol. The van der Waals surface area contributed by atoms with Gasteiger partial charge in [0.05, 0.1) is 0 Å². The topological polar surface area (TPSA) is 38.7 Å². The molecule has 0 fully saturated rings. The molecule has 0 saturated carbocycles. The average Bonchev–Trinajstić information content (AvgIpc) is 3.25. The molecule has 0 aliphatic heterocycles. The molecule has 0 N–H and O–H groups in total. The summed E-state index contributed by atoms with van der Waals surface area (Å²) in [5.74, 6) is 3.21. The molecule has 3 aliphatic rings. The monoisotopic (exact) mass is 705 g/mol. The predicted molar refractivity (Wildman–Crippen MR) is 225 cm³/mol. The quantitative estimate of drug-likeness (QED) is 0.162. The summed E-state index contributed by atoms with van der Waals surface area (Å²) in [4.78, 5) is 15.1. The Kier molecular flexibility index (Phi) is 8.33. The van der Waals surface area contributed by atoms with Crippen molar-refractivity contribution in [1.82, 2.24) is 15.0 Å². The van der Waals surface area contributed by atoms with E-state index in [1.165, 1.54) is 38.9 Å². The highest BCUT2D eigenvalue weighted by atomic mass is 15.0. The van der Waals surface area contributed by atoms with Crippen LogP contribution in [0.4, 0.5) is 0 Å². The minimum atomic E-state index is 0.395. The molecule has 8 aromatic rings. The number of hydrogen-bond donors (Lipinski definition) is 0. The minimum absolute atomic E-state index is 0.395. The Morgan fingerprint density at radius 1 is 0.382 bits per heavy atom. The van der Waals surface area contributed by atoms with Gasteiger partial charge in [0.15, 0.2) is 17.5 Å². The van der Waals surface area contributed by atoms with Gasteiger partial charge in [-0.2, -0.15) is 0 Å². The Labute approximate surface area is 322 Å². The lowest BCUT2D eigenvalue weighted by Crippen LogP contribution is -2.23. The van der Waals surface area contributed by atoms with E-state index in [1.807, 2.05) is 42.5 Å². The number of fused-ring (bicyclic) bond motifs is 2. The molecular formula is C52H39N3. The van der Waals surface area contributed by atoms with Crippen LogP contribution in [-0.4, -0.2) is 15.0 Å². The summed E-state index contributed by atoms with van der Waals surface area (Å²) in [6.07, 6.45) is 5.87. The van der Waals surface area contributed by atoms with Crippen molar-refractivity contribution in [3.63, 3.8) is 0 Å². The van der Waals surface area contributed by atoms with E-state index < -0.39 is 0 Å². The van der Waals surface area contributed by atoms with Gasteiger partial charge in [-0.3, -0.25) is 0 Å². The maximum Gasteiger partial charge on any atom is 0.164 e. The van der Waals surface area contributed by atoms with Crippen molar-refractivity contribution in [3.8, 4) is 67.5 Å². The van der Waals surface area contributed by atoms with E-state index in [0.717, 1.165) is 39.8 Å². The van der Waals surface area contributed by atoms with Gasteiger partial charge < -0.3 is 0 Å². The van der Waals surface area contributed by atoms with Crippen LogP contribution in [0, 0.1) is 5.92 Å². The second-order valence-electron chi connectivity index (χ2n) is 14.8. The Morgan fingerprint density at radius 2 is 0.855 bits per heavy atom. The van der Waals surface area contributed by atoms with Crippen molar-refractivity contribution in [2.45, 2.75) is 25.2 Å². The van der Waals surface area contributed by atoms with Crippen LogP contribution >= 0.6 is 0 Å². The molecule has 0 spiro atoms. The van der Waals surface area contributed by atoms with Crippen molar-refractivity contribution < 1.29 is 0 Å². The molecular weight excluding hydrogens is 667 g/mol. The summed E-state index contributed by atoms with van der Waals surface area (Å²) >= 11 is 0. The zero-order valence-electron chi connectivity index (χ0n) is 30.7. The second-order valence-corrected chi connectivity index (χ2v) is 14.8. The fourth-order valence-corrected chi connectivity index (χ4v) is 8.70. The molecule has 3 nitrogen and oxygen atoms in total. The summed E-state index contributed by atoms with van der Waals surface area (Å²) in [5.41, 5.74) is 15.9. The van der Waals surface area contributed by atoms with E-state index in [0.29, 0.717) is 35.2 Å². The third-order valence-corrected chi connectivity index (χ3v) is 11.5. The first-order valence-electron chi connectivity index (χ1n) is 19.2. The number of benzene rings is 7. The lowest BCUT2D eigenvalue weighted by Gasteiger charge is -2.38. The van der Waals surface area contributed by atoms with Crippen molar-refractivity contribution in [2.24, 2.45) is 5.92 Å². The van der Waals surface area contributed by atoms with Gasteiger partial charge in [0, 0.05) is 28.5 Å². The van der Waals surface area contributed by atoms with Gasteiger partial charge in [-0.15, -0.1) is 0 Å². The number of aromatic nitrogens is 3. The summed E-state index contributed by atoms with van der Waals surface area (Å²) < 4.78 is 0. The Hall–Kier alpha value is -6.71. The molecule has 3 aliphatic carbocycles. The zero-order chi connectivity index (χ0) is 36.7. The lowest BCUT2D eigenvalue weighted by molar-refractivity contribution is 0.568. The van der Waals surface area contributed by atoms with Gasteiger partial charge in [0.2, 0.25) is 0 Å².